The fraction of sp³-hybridized carbons (Fsp3) is 0.667. The van der Waals surface area contributed by atoms with Crippen LogP contribution in [-0.2, 0) is 11.2 Å². The normalized spacial score (nSPS) is 10.5. The predicted octanol–water partition coefficient (Wildman–Crippen LogP) is 2.04. The summed E-state index contributed by atoms with van der Waals surface area (Å²) in [5, 5.41) is 9.36. The van der Waals surface area contributed by atoms with Crippen LogP contribution in [0, 0.1) is 5.92 Å². The third kappa shape index (κ3) is 5.97. The van der Waals surface area contributed by atoms with Gasteiger partial charge in [-0.2, -0.15) is 0 Å². The van der Waals surface area contributed by atoms with Gasteiger partial charge < -0.3 is 16.0 Å². The van der Waals surface area contributed by atoms with Crippen molar-refractivity contribution in [1.82, 2.24) is 15.3 Å². The maximum atomic E-state index is 11.7. The zero-order chi connectivity index (χ0) is 15.7. The molecule has 0 fully saturated rings. The summed E-state index contributed by atoms with van der Waals surface area (Å²) in [4.78, 5) is 20.2. The average Bonchev–Trinajstić information content (AvgIpc) is 2.46. The Kier molecular flexibility index (Phi) is 7.50. The number of anilines is 2. The average molecular weight is 293 g/mol. The largest absolute Gasteiger partial charge is 0.370 e. The van der Waals surface area contributed by atoms with Gasteiger partial charge in [0.15, 0.2) is 0 Å². The van der Waals surface area contributed by atoms with E-state index in [1.54, 1.807) is 6.33 Å². The molecule has 0 radical (unpaired) electrons. The van der Waals surface area contributed by atoms with E-state index in [-0.39, 0.29) is 5.91 Å². The van der Waals surface area contributed by atoms with E-state index in [9.17, 15) is 4.79 Å². The highest BCUT2D eigenvalue weighted by molar-refractivity contribution is 5.76. The van der Waals surface area contributed by atoms with E-state index in [4.69, 9.17) is 0 Å². The molecule has 0 aliphatic carbocycles. The van der Waals surface area contributed by atoms with Gasteiger partial charge in [0.2, 0.25) is 5.91 Å². The molecule has 0 atom stereocenters. The third-order valence-electron chi connectivity index (χ3n) is 3.00. The lowest BCUT2D eigenvalue weighted by Crippen LogP contribution is -2.28. The second-order valence-electron chi connectivity index (χ2n) is 5.31. The van der Waals surface area contributed by atoms with Crippen LogP contribution in [-0.4, -0.2) is 35.5 Å². The standard InChI is InChI=1S/C15H27N5O/c1-5-12-14(16-6-2)19-10-20-15(12)17-8-7-13(21)18-9-11(3)4/h10-11H,5-9H2,1-4H3,(H,18,21)(H2,16,17,19,20). The van der Waals surface area contributed by atoms with Crippen LogP contribution >= 0.6 is 0 Å². The minimum absolute atomic E-state index is 0.0650. The first-order valence-electron chi connectivity index (χ1n) is 7.66. The quantitative estimate of drug-likeness (QED) is 0.649. The molecule has 0 aromatic carbocycles. The SMILES string of the molecule is CCNc1ncnc(NCCC(=O)NCC(C)C)c1CC. The zero-order valence-corrected chi connectivity index (χ0v) is 13.5. The van der Waals surface area contributed by atoms with Crippen molar-refractivity contribution >= 4 is 17.5 Å². The molecule has 0 spiro atoms. The summed E-state index contributed by atoms with van der Waals surface area (Å²) in [6.45, 7) is 10.4. The van der Waals surface area contributed by atoms with Crippen molar-refractivity contribution in [3.05, 3.63) is 11.9 Å². The molecular weight excluding hydrogens is 266 g/mol. The van der Waals surface area contributed by atoms with Crippen molar-refractivity contribution in [2.24, 2.45) is 5.92 Å². The highest BCUT2D eigenvalue weighted by Crippen LogP contribution is 2.20. The van der Waals surface area contributed by atoms with Crippen LogP contribution in [0.2, 0.25) is 0 Å². The second kappa shape index (κ2) is 9.15. The van der Waals surface area contributed by atoms with Crippen molar-refractivity contribution < 1.29 is 4.79 Å². The number of nitrogens with zero attached hydrogens (tertiary/aromatic N) is 2. The molecule has 21 heavy (non-hydrogen) atoms. The molecule has 0 saturated heterocycles. The lowest BCUT2D eigenvalue weighted by Gasteiger charge is -2.14. The van der Waals surface area contributed by atoms with E-state index in [1.807, 2.05) is 6.92 Å². The first-order chi connectivity index (χ1) is 10.1. The van der Waals surface area contributed by atoms with Gasteiger partial charge in [0, 0.05) is 31.6 Å². The maximum Gasteiger partial charge on any atom is 0.221 e. The maximum absolute atomic E-state index is 11.7. The molecule has 3 N–H and O–H groups in total. The summed E-state index contributed by atoms with van der Waals surface area (Å²) in [6.07, 6.45) is 2.82. The van der Waals surface area contributed by atoms with E-state index >= 15 is 0 Å². The number of nitrogens with one attached hydrogen (secondary N) is 3. The van der Waals surface area contributed by atoms with Crippen molar-refractivity contribution in [1.29, 1.82) is 0 Å². The lowest BCUT2D eigenvalue weighted by molar-refractivity contribution is -0.120. The number of hydrogen-bond donors (Lipinski definition) is 3. The van der Waals surface area contributed by atoms with Gasteiger partial charge in [-0.15, -0.1) is 0 Å². The number of amides is 1. The minimum Gasteiger partial charge on any atom is -0.370 e. The second-order valence-corrected chi connectivity index (χ2v) is 5.31. The van der Waals surface area contributed by atoms with Crippen LogP contribution in [0.15, 0.2) is 6.33 Å². The van der Waals surface area contributed by atoms with Gasteiger partial charge in [-0.05, 0) is 19.3 Å². The molecule has 0 bridgehead atoms. The number of carbonyl (C=O) groups excluding carboxylic acids is 1. The molecule has 0 unspecified atom stereocenters. The molecule has 118 valence electrons. The minimum atomic E-state index is 0.0650. The van der Waals surface area contributed by atoms with E-state index in [0.717, 1.165) is 36.7 Å². The molecule has 6 heteroatoms. The molecule has 0 saturated carbocycles. The van der Waals surface area contributed by atoms with E-state index < -0.39 is 0 Å². The fourth-order valence-corrected chi connectivity index (χ4v) is 1.92. The summed E-state index contributed by atoms with van der Waals surface area (Å²) in [6, 6.07) is 0. The molecular formula is C15H27N5O. The van der Waals surface area contributed by atoms with Crippen molar-refractivity contribution in [2.75, 3.05) is 30.3 Å². The molecule has 0 aliphatic heterocycles. The fourth-order valence-electron chi connectivity index (χ4n) is 1.92. The molecule has 1 amide bonds. The van der Waals surface area contributed by atoms with Gasteiger partial charge >= 0.3 is 0 Å². The van der Waals surface area contributed by atoms with Crippen LogP contribution in [0.3, 0.4) is 0 Å². The smallest absolute Gasteiger partial charge is 0.221 e. The Bertz CT molecular complexity index is 448. The van der Waals surface area contributed by atoms with Crippen LogP contribution in [0.25, 0.3) is 0 Å². The summed E-state index contributed by atoms with van der Waals surface area (Å²) < 4.78 is 0. The number of carbonyl (C=O) groups is 1. The first kappa shape index (κ1) is 17.2. The molecule has 1 aromatic heterocycles. The third-order valence-corrected chi connectivity index (χ3v) is 3.00. The topological polar surface area (TPSA) is 78.9 Å². The molecule has 6 nitrogen and oxygen atoms in total. The Hall–Kier alpha value is -1.85. The zero-order valence-electron chi connectivity index (χ0n) is 13.5. The van der Waals surface area contributed by atoms with Crippen molar-refractivity contribution in [3.8, 4) is 0 Å². The monoisotopic (exact) mass is 293 g/mol. The van der Waals surface area contributed by atoms with Crippen LogP contribution in [0.4, 0.5) is 11.6 Å². The predicted molar refractivity (Wildman–Crippen MR) is 86.5 cm³/mol. The van der Waals surface area contributed by atoms with Crippen LogP contribution in [0.5, 0.6) is 0 Å². The van der Waals surface area contributed by atoms with Gasteiger partial charge in [0.05, 0.1) is 0 Å². The Morgan fingerprint density at radius 1 is 1.19 bits per heavy atom. The summed E-state index contributed by atoms with van der Waals surface area (Å²) in [5.74, 6) is 2.20. The Morgan fingerprint density at radius 3 is 2.43 bits per heavy atom. The molecule has 1 aromatic rings. The van der Waals surface area contributed by atoms with Gasteiger partial charge in [0.25, 0.3) is 0 Å². The van der Waals surface area contributed by atoms with E-state index in [2.05, 4.69) is 46.7 Å². The molecule has 1 heterocycles. The molecule has 1 rings (SSSR count). The number of rotatable bonds is 9. The van der Waals surface area contributed by atoms with Crippen LogP contribution < -0.4 is 16.0 Å². The lowest BCUT2D eigenvalue weighted by atomic mass is 10.2. The van der Waals surface area contributed by atoms with Gasteiger partial charge in [-0.3, -0.25) is 4.79 Å². The van der Waals surface area contributed by atoms with E-state index in [1.165, 1.54) is 0 Å². The van der Waals surface area contributed by atoms with Gasteiger partial charge in [-0.1, -0.05) is 20.8 Å². The van der Waals surface area contributed by atoms with E-state index in [0.29, 0.717) is 18.9 Å². The highest BCUT2D eigenvalue weighted by Gasteiger charge is 2.09. The van der Waals surface area contributed by atoms with Crippen LogP contribution in [0.1, 0.15) is 39.7 Å². The Balaban J connectivity index is 2.51. The Labute approximate surface area is 127 Å². The summed E-state index contributed by atoms with van der Waals surface area (Å²) in [5.41, 5.74) is 1.06. The molecule has 0 aliphatic rings. The summed E-state index contributed by atoms with van der Waals surface area (Å²) >= 11 is 0. The van der Waals surface area contributed by atoms with Crippen molar-refractivity contribution in [2.45, 2.75) is 40.5 Å². The Morgan fingerprint density at radius 2 is 1.86 bits per heavy atom. The van der Waals surface area contributed by atoms with Crippen molar-refractivity contribution in [3.63, 3.8) is 0 Å². The first-order valence-corrected chi connectivity index (χ1v) is 7.66. The highest BCUT2D eigenvalue weighted by atomic mass is 16.1. The summed E-state index contributed by atoms with van der Waals surface area (Å²) in [7, 11) is 0. The number of aromatic nitrogens is 2. The van der Waals surface area contributed by atoms with Gasteiger partial charge in [0.1, 0.15) is 18.0 Å². The number of hydrogen-bond acceptors (Lipinski definition) is 5. The van der Waals surface area contributed by atoms with Gasteiger partial charge in [-0.25, -0.2) is 9.97 Å².